The summed E-state index contributed by atoms with van der Waals surface area (Å²) in [6, 6.07) is 14.7. The van der Waals surface area contributed by atoms with Crippen molar-refractivity contribution < 1.29 is 9.59 Å². The lowest BCUT2D eigenvalue weighted by Gasteiger charge is -2.08. The molecule has 6 nitrogen and oxygen atoms in total. The van der Waals surface area contributed by atoms with Crippen LogP contribution in [0.4, 0.5) is 11.4 Å². The van der Waals surface area contributed by atoms with E-state index in [2.05, 4.69) is 15.6 Å². The first kappa shape index (κ1) is 20.1. The highest BCUT2D eigenvalue weighted by atomic mass is 35.5. The average Bonchev–Trinajstić information content (AvgIpc) is 3.28. The molecule has 0 atom stereocenters. The van der Waals surface area contributed by atoms with Crippen LogP contribution in [0.5, 0.6) is 0 Å². The van der Waals surface area contributed by atoms with E-state index in [4.69, 9.17) is 11.6 Å². The lowest BCUT2D eigenvalue weighted by atomic mass is 10.2. The summed E-state index contributed by atoms with van der Waals surface area (Å²) in [5, 5.41) is 8.30. The fourth-order valence-corrected chi connectivity index (χ4v) is 4.15. The van der Waals surface area contributed by atoms with Gasteiger partial charge in [0, 0.05) is 52.6 Å². The molecule has 4 aromatic rings. The summed E-state index contributed by atoms with van der Waals surface area (Å²) in [6.07, 6.45) is 2.91. The van der Waals surface area contributed by atoms with Crippen molar-refractivity contribution in [2.75, 3.05) is 10.6 Å². The van der Waals surface area contributed by atoms with Crippen LogP contribution in [-0.2, 0) is 16.0 Å². The van der Waals surface area contributed by atoms with Gasteiger partial charge in [0.05, 0.1) is 5.69 Å². The molecule has 0 aliphatic heterocycles. The van der Waals surface area contributed by atoms with Gasteiger partial charge in [0.1, 0.15) is 0 Å². The van der Waals surface area contributed by atoms with Gasteiger partial charge < -0.3 is 10.6 Å². The van der Waals surface area contributed by atoms with Crippen molar-refractivity contribution in [3.05, 3.63) is 70.8 Å². The molecule has 0 saturated heterocycles. The second kappa shape index (κ2) is 8.69. The highest BCUT2D eigenvalue weighted by Crippen LogP contribution is 2.25. The summed E-state index contributed by atoms with van der Waals surface area (Å²) in [5.41, 5.74) is 4.20. The Hall–Kier alpha value is -3.16. The molecule has 8 heteroatoms. The summed E-state index contributed by atoms with van der Waals surface area (Å²) in [7, 11) is 0. The van der Waals surface area contributed by atoms with E-state index >= 15 is 0 Å². The maximum Gasteiger partial charge on any atom is 0.224 e. The summed E-state index contributed by atoms with van der Waals surface area (Å²) < 4.78 is 2.03. The molecule has 152 valence electrons. The number of halogens is 1. The normalized spacial score (nSPS) is 10.9. The van der Waals surface area contributed by atoms with Gasteiger partial charge in [0.25, 0.3) is 0 Å². The molecule has 0 spiro atoms. The Kier molecular flexibility index (Phi) is 5.83. The molecule has 0 radical (unpaired) electrons. The molecule has 0 saturated carbocycles. The molecule has 4 rings (SSSR count). The molecule has 2 N–H and O–H groups in total. The first-order valence-electron chi connectivity index (χ1n) is 9.37. The van der Waals surface area contributed by atoms with Gasteiger partial charge in [-0.25, -0.2) is 4.98 Å². The van der Waals surface area contributed by atoms with Crippen LogP contribution >= 0.6 is 22.9 Å². The van der Waals surface area contributed by atoms with E-state index in [0.717, 1.165) is 21.9 Å². The first-order valence-corrected chi connectivity index (χ1v) is 10.6. The third kappa shape index (κ3) is 4.69. The van der Waals surface area contributed by atoms with E-state index < -0.39 is 0 Å². The molecular weight excluding hydrogens is 420 g/mol. The molecule has 2 heterocycles. The number of anilines is 2. The lowest BCUT2D eigenvalue weighted by Crippen LogP contribution is -2.13. The smallest absolute Gasteiger partial charge is 0.224 e. The van der Waals surface area contributed by atoms with E-state index in [1.54, 1.807) is 35.6 Å². The van der Waals surface area contributed by atoms with Gasteiger partial charge in [-0.05, 0) is 36.8 Å². The van der Waals surface area contributed by atoms with Crippen molar-refractivity contribution in [2.45, 2.75) is 19.8 Å². The number of imidazole rings is 1. The number of aryl methyl sites for hydroxylation is 1. The van der Waals surface area contributed by atoms with Gasteiger partial charge in [-0.2, -0.15) is 0 Å². The van der Waals surface area contributed by atoms with Gasteiger partial charge in [0.15, 0.2) is 4.96 Å². The quantitative estimate of drug-likeness (QED) is 0.432. The molecule has 0 aliphatic carbocycles. The maximum atomic E-state index is 12.4. The Bertz CT molecular complexity index is 1210. The number of carbonyl (C=O) groups excluding carboxylic acids is 2. The van der Waals surface area contributed by atoms with Gasteiger partial charge >= 0.3 is 0 Å². The highest BCUT2D eigenvalue weighted by Gasteiger charge is 2.11. The molecule has 30 heavy (non-hydrogen) atoms. The largest absolute Gasteiger partial charge is 0.326 e. The number of nitrogens with one attached hydrogen (secondary N) is 2. The minimum atomic E-state index is -0.154. The fourth-order valence-electron chi connectivity index (χ4n) is 3.11. The van der Waals surface area contributed by atoms with E-state index in [-0.39, 0.29) is 11.8 Å². The monoisotopic (exact) mass is 438 g/mol. The van der Waals surface area contributed by atoms with Crippen LogP contribution in [0.25, 0.3) is 16.2 Å². The number of nitrogens with zero attached hydrogens (tertiary/aromatic N) is 2. The second-order valence-corrected chi connectivity index (χ2v) is 8.10. The number of aromatic nitrogens is 2. The standard InChI is InChI=1S/C22H19ClN4O2S/c1-14(28)24-17-3-2-4-18(11-17)25-21(29)10-9-19-13-30-22-26-20(12-27(19)22)15-5-7-16(23)8-6-15/h2-8,11-13H,9-10H2,1H3,(H,24,28)(H,25,29). The Balaban J connectivity index is 1.41. The van der Waals surface area contributed by atoms with E-state index in [0.29, 0.717) is 29.2 Å². The third-order valence-corrected chi connectivity index (χ3v) is 5.64. The molecule has 0 unspecified atom stereocenters. The Labute approximate surface area is 182 Å². The van der Waals surface area contributed by atoms with Crippen LogP contribution in [0.3, 0.4) is 0 Å². The van der Waals surface area contributed by atoms with Crippen molar-refractivity contribution in [3.63, 3.8) is 0 Å². The van der Waals surface area contributed by atoms with Gasteiger partial charge in [-0.1, -0.05) is 29.8 Å². The molecule has 0 bridgehead atoms. The molecule has 0 fully saturated rings. The Morgan fingerprint density at radius 1 is 1.10 bits per heavy atom. The number of hydrogen-bond donors (Lipinski definition) is 2. The number of amides is 2. The van der Waals surface area contributed by atoms with Crippen LogP contribution in [0, 0.1) is 0 Å². The predicted molar refractivity (Wildman–Crippen MR) is 121 cm³/mol. The van der Waals surface area contributed by atoms with Gasteiger partial charge in [0.2, 0.25) is 11.8 Å². The number of carbonyl (C=O) groups is 2. The van der Waals surface area contributed by atoms with Crippen LogP contribution in [0.1, 0.15) is 19.0 Å². The van der Waals surface area contributed by atoms with Gasteiger partial charge in [-0.3, -0.25) is 14.0 Å². The summed E-state index contributed by atoms with van der Waals surface area (Å²) in [4.78, 5) is 29.1. The second-order valence-electron chi connectivity index (χ2n) is 6.82. The van der Waals surface area contributed by atoms with Crippen molar-refractivity contribution >= 4 is 51.1 Å². The number of hydrogen-bond acceptors (Lipinski definition) is 4. The van der Waals surface area contributed by atoms with Crippen molar-refractivity contribution in [2.24, 2.45) is 0 Å². The Morgan fingerprint density at radius 2 is 1.83 bits per heavy atom. The third-order valence-electron chi connectivity index (χ3n) is 4.50. The summed E-state index contributed by atoms with van der Waals surface area (Å²) in [5.74, 6) is -0.245. The molecule has 2 amide bonds. The van der Waals surface area contributed by atoms with Gasteiger partial charge in [-0.15, -0.1) is 11.3 Å². The molecule has 2 aromatic carbocycles. The first-order chi connectivity index (χ1) is 14.5. The van der Waals surface area contributed by atoms with Crippen LogP contribution in [0.2, 0.25) is 5.02 Å². The average molecular weight is 439 g/mol. The zero-order valence-corrected chi connectivity index (χ0v) is 17.8. The maximum absolute atomic E-state index is 12.4. The van der Waals surface area contributed by atoms with Crippen LogP contribution in [-0.4, -0.2) is 21.2 Å². The zero-order valence-electron chi connectivity index (χ0n) is 16.2. The minimum Gasteiger partial charge on any atom is -0.326 e. The number of fused-ring (bicyclic) bond motifs is 1. The van der Waals surface area contributed by atoms with Crippen LogP contribution < -0.4 is 10.6 Å². The predicted octanol–water partition coefficient (Wildman–Crippen LogP) is 5.25. The Morgan fingerprint density at radius 3 is 2.57 bits per heavy atom. The minimum absolute atomic E-state index is 0.0904. The van der Waals surface area contributed by atoms with E-state index in [9.17, 15) is 9.59 Å². The number of rotatable bonds is 6. The lowest BCUT2D eigenvalue weighted by molar-refractivity contribution is -0.116. The summed E-state index contributed by atoms with van der Waals surface area (Å²) >= 11 is 7.51. The topological polar surface area (TPSA) is 75.5 Å². The molecular formula is C22H19ClN4O2S. The van der Waals surface area contributed by atoms with Crippen molar-refractivity contribution in [1.29, 1.82) is 0 Å². The van der Waals surface area contributed by atoms with E-state index in [1.807, 2.05) is 40.2 Å². The van der Waals surface area contributed by atoms with Crippen molar-refractivity contribution in [3.8, 4) is 11.3 Å². The van der Waals surface area contributed by atoms with Crippen molar-refractivity contribution in [1.82, 2.24) is 9.38 Å². The summed E-state index contributed by atoms with van der Waals surface area (Å²) in [6.45, 7) is 1.45. The van der Waals surface area contributed by atoms with E-state index in [1.165, 1.54) is 6.92 Å². The molecule has 2 aromatic heterocycles. The highest BCUT2D eigenvalue weighted by molar-refractivity contribution is 7.15. The zero-order chi connectivity index (χ0) is 21.1. The molecule has 0 aliphatic rings. The number of benzene rings is 2. The SMILES string of the molecule is CC(=O)Nc1cccc(NC(=O)CCc2csc3nc(-c4ccc(Cl)cc4)cn23)c1. The fraction of sp³-hybridized carbons (Fsp3) is 0.136. The number of thiazole rings is 1. The van der Waals surface area contributed by atoms with Crippen LogP contribution in [0.15, 0.2) is 60.1 Å².